The van der Waals surface area contributed by atoms with Crippen LogP contribution in [-0.4, -0.2) is 61.9 Å². The van der Waals surface area contributed by atoms with E-state index in [9.17, 15) is 19.2 Å². The Labute approximate surface area is 458 Å². The first-order valence-electron chi connectivity index (χ1n) is 26.6. The van der Waals surface area contributed by atoms with Gasteiger partial charge in [-0.15, -0.1) is 0 Å². The fraction of sp³-hybridized carbons (Fsp3) is 0.274. The van der Waals surface area contributed by atoms with Gasteiger partial charge in [0.1, 0.15) is 45.5 Å². The number of aromatic nitrogens is 5. The maximum Gasteiger partial charge on any atom is 0.257 e. The largest absolute Gasteiger partial charge is 0.496 e. The lowest BCUT2D eigenvalue weighted by Crippen LogP contribution is -2.24. The number of amides is 4. The first-order valence-corrected chi connectivity index (χ1v) is 26.6. The van der Waals surface area contributed by atoms with Crippen LogP contribution < -0.4 is 42.2 Å². The third-order valence-corrected chi connectivity index (χ3v) is 15.3. The zero-order chi connectivity index (χ0) is 55.3. The van der Waals surface area contributed by atoms with Gasteiger partial charge >= 0.3 is 0 Å². The van der Waals surface area contributed by atoms with E-state index in [1.54, 1.807) is 18.3 Å². The van der Waals surface area contributed by atoms with Gasteiger partial charge in [-0.25, -0.2) is 14.3 Å². The van der Waals surface area contributed by atoms with Crippen molar-refractivity contribution in [3.63, 3.8) is 0 Å². The van der Waals surface area contributed by atoms with E-state index in [0.717, 1.165) is 80.7 Å². The predicted molar refractivity (Wildman–Crippen MR) is 303 cm³/mol. The number of aryl methyl sites for hydroxylation is 6. The maximum atomic E-state index is 13.8. The second kappa shape index (κ2) is 20.9. The number of rotatable bonds is 15. The molecule has 17 nitrogen and oxygen atoms in total. The summed E-state index contributed by atoms with van der Waals surface area (Å²) < 4.78 is 15.5. The zero-order valence-corrected chi connectivity index (χ0v) is 45.1. The quantitative estimate of drug-likeness (QED) is 0.0565. The Kier molecular flexibility index (Phi) is 13.7. The molecule has 1 fully saturated rings. The molecule has 2 unspecified atom stereocenters. The minimum Gasteiger partial charge on any atom is -0.496 e. The molecular formula is C62H63N11O6. The lowest BCUT2D eigenvalue weighted by molar-refractivity contribution is 0.0938. The van der Waals surface area contributed by atoms with Crippen LogP contribution in [0.3, 0.4) is 0 Å². The van der Waals surface area contributed by atoms with Gasteiger partial charge in [-0.1, -0.05) is 93.1 Å². The van der Waals surface area contributed by atoms with Crippen molar-refractivity contribution < 1.29 is 28.7 Å². The minimum atomic E-state index is -0.574. The van der Waals surface area contributed by atoms with Crippen molar-refractivity contribution in [2.24, 2.45) is 17.4 Å². The van der Waals surface area contributed by atoms with Crippen LogP contribution in [0.25, 0.3) is 22.5 Å². The highest BCUT2D eigenvalue weighted by atomic mass is 16.5. The number of fused-ring (bicyclic) bond motifs is 4. The second-order valence-electron chi connectivity index (χ2n) is 21.8. The molecule has 0 radical (unpaired) electrons. The van der Waals surface area contributed by atoms with E-state index in [2.05, 4.69) is 78.2 Å². The summed E-state index contributed by atoms with van der Waals surface area (Å²) in [6, 6.07) is 35.0. The van der Waals surface area contributed by atoms with Gasteiger partial charge in [0.25, 0.3) is 23.6 Å². The topological polar surface area (TPSA) is 235 Å². The molecule has 8 N–H and O–H groups in total. The summed E-state index contributed by atoms with van der Waals surface area (Å²) in [4.78, 5) is 57.8. The first-order chi connectivity index (χ1) is 38.0. The summed E-state index contributed by atoms with van der Waals surface area (Å²) in [5, 5.41) is 22.7. The molecule has 1 saturated carbocycles. The molecular weight excluding hydrogens is 995 g/mol. The van der Waals surface area contributed by atoms with Gasteiger partial charge in [0.15, 0.2) is 0 Å². The molecule has 5 aromatic carbocycles. The summed E-state index contributed by atoms with van der Waals surface area (Å²) in [5.74, 6) is 0.314. The van der Waals surface area contributed by atoms with Crippen LogP contribution in [0.2, 0.25) is 0 Å². The highest BCUT2D eigenvalue weighted by molar-refractivity contribution is 6.05. The van der Waals surface area contributed by atoms with Gasteiger partial charge in [-0.05, 0) is 126 Å². The third-order valence-electron chi connectivity index (χ3n) is 15.3. The molecule has 402 valence electrons. The van der Waals surface area contributed by atoms with Gasteiger partial charge in [-0.3, -0.25) is 19.2 Å². The number of carbonyl (C=O) groups is 4. The number of anilines is 4. The Morgan fingerprint density at radius 3 is 2.00 bits per heavy atom. The Hall–Kier alpha value is -9.25. The van der Waals surface area contributed by atoms with Gasteiger partial charge in [0.05, 0.1) is 19.3 Å². The molecule has 0 saturated heterocycles. The number of hydrogen-bond donors (Lipinski definition) is 6. The lowest BCUT2D eigenvalue weighted by atomic mass is 9.85. The standard InChI is InChI=1S/C62H63N11O6/c1-34-9-18-48-39(26-34)21-24-73-58(68-48)52(56(64)75)54(71-73)41-14-15-42(35(2)27-41)32-67-59(76)45-8-7-23-65-61(45)79-33-43-30-46(43)38-16-20-50(78-6)47(29-38)60(77)66-31-36-10-12-37(13-11-36)53-51(55(63)74)57-69-49-19-17-44(62(3,4)5)28-40(49)22-25-72(57)70-53/h7-20,23,26-29,43,46,68-69H,21-22,24-25,30-33H2,1-6H3,(H2,63,74)(H2,64,75)(H,66,77)(H,67,76). The Morgan fingerprint density at radius 2 is 1.34 bits per heavy atom. The van der Waals surface area contributed by atoms with Gasteiger partial charge in [0, 0.05) is 60.8 Å². The molecule has 2 atom stereocenters. The average molecular weight is 1060 g/mol. The van der Waals surface area contributed by atoms with Crippen LogP contribution >= 0.6 is 0 Å². The van der Waals surface area contributed by atoms with Crippen molar-refractivity contribution in [2.45, 2.75) is 91.4 Å². The summed E-state index contributed by atoms with van der Waals surface area (Å²) in [7, 11) is 1.54. The van der Waals surface area contributed by atoms with E-state index in [4.69, 9.17) is 31.1 Å². The smallest absolute Gasteiger partial charge is 0.257 e. The van der Waals surface area contributed by atoms with Crippen molar-refractivity contribution in [3.05, 3.63) is 182 Å². The molecule has 0 spiro atoms. The van der Waals surface area contributed by atoms with E-state index in [1.807, 2.05) is 89.1 Å². The molecule has 79 heavy (non-hydrogen) atoms. The summed E-state index contributed by atoms with van der Waals surface area (Å²) in [6.07, 6.45) is 3.92. The lowest BCUT2D eigenvalue weighted by Gasteiger charge is -2.21. The van der Waals surface area contributed by atoms with E-state index < -0.39 is 11.8 Å². The van der Waals surface area contributed by atoms with Crippen LogP contribution in [-0.2, 0) is 44.4 Å². The summed E-state index contributed by atoms with van der Waals surface area (Å²) in [5.41, 5.74) is 26.0. The zero-order valence-electron chi connectivity index (χ0n) is 45.1. The monoisotopic (exact) mass is 1060 g/mol. The Bertz CT molecular complexity index is 3740. The predicted octanol–water partition coefficient (Wildman–Crippen LogP) is 9.57. The van der Waals surface area contributed by atoms with Crippen molar-refractivity contribution in [2.75, 3.05) is 24.4 Å². The number of ether oxygens (including phenoxy) is 2. The normalized spacial score (nSPS) is 15.1. The molecule has 11 rings (SSSR count). The second-order valence-corrected chi connectivity index (χ2v) is 21.8. The Morgan fingerprint density at radius 1 is 0.709 bits per heavy atom. The molecule has 17 heteroatoms. The number of pyridine rings is 1. The SMILES string of the molecule is COc1ccc(C2CC2COc2ncccc2C(=O)NCc2ccc(-c3nn4c(c3C(N)=O)Nc3ccc(C)cc3CC4)cc2C)cc1C(=O)NCc1ccc(-c2nn3c(c2C(N)=O)Nc2ccc(C(C)(C)C)cc2CC3)cc1. The van der Waals surface area contributed by atoms with E-state index >= 15 is 0 Å². The molecule has 2 aliphatic heterocycles. The highest BCUT2D eigenvalue weighted by Crippen LogP contribution is 2.48. The van der Waals surface area contributed by atoms with Crippen LogP contribution in [0.1, 0.15) is 119 Å². The maximum absolute atomic E-state index is 13.8. The molecule has 4 amide bonds. The Balaban J connectivity index is 0.697. The minimum absolute atomic E-state index is 0.00391. The third kappa shape index (κ3) is 10.5. The van der Waals surface area contributed by atoms with Gasteiger partial charge in [-0.2, -0.15) is 10.2 Å². The van der Waals surface area contributed by atoms with E-state index in [-0.39, 0.29) is 48.0 Å². The number of nitrogens with two attached hydrogens (primary N) is 2. The van der Waals surface area contributed by atoms with Crippen molar-refractivity contribution in [3.8, 4) is 34.1 Å². The van der Waals surface area contributed by atoms with E-state index in [0.29, 0.717) is 70.7 Å². The number of primary amides is 2. The van der Waals surface area contributed by atoms with Crippen molar-refractivity contribution >= 4 is 46.6 Å². The highest BCUT2D eigenvalue weighted by Gasteiger charge is 2.40. The van der Waals surface area contributed by atoms with Gasteiger partial charge < -0.3 is 42.2 Å². The molecule has 3 aromatic heterocycles. The summed E-state index contributed by atoms with van der Waals surface area (Å²) in [6.45, 7) is 12.5. The molecule has 0 bridgehead atoms. The van der Waals surface area contributed by atoms with Crippen molar-refractivity contribution in [1.29, 1.82) is 0 Å². The number of carbonyl (C=O) groups excluding carboxylic acids is 4. The fourth-order valence-electron chi connectivity index (χ4n) is 10.7. The molecule has 1 aliphatic carbocycles. The molecule has 3 aliphatic rings. The number of hydrogen-bond acceptors (Lipinski definition) is 11. The van der Waals surface area contributed by atoms with Crippen LogP contribution in [0, 0.1) is 19.8 Å². The first kappa shape index (κ1) is 51.8. The van der Waals surface area contributed by atoms with Crippen molar-refractivity contribution in [1.82, 2.24) is 35.2 Å². The number of nitrogens with zero attached hydrogens (tertiary/aromatic N) is 5. The van der Waals surface area contributed by atoms with Crippen LogP contribution in [0.5, 0.6) is 11.6 Å². The molecule has 5 heterocycles. The number of methoxy groups -OCH3 is 1. The summed E-state index contributed by atoms with van der Waals surface area (Å²) >= 11 is 0. The fourth-order valence-corrected chi connectivity index (χ4v) is 10.7. The number of nitrogens with one attached hydrogen (secondary N) is 4. The van der Waals surface area contributed by atoms with E-state index in [1.165, 1.54) is 12.7 Å². The van der Waals surface area contributed by atoms with Gasteiger partial charge in [0.2, 0.25) is 5.88 Å². The average Bonchev–Trinajstić information content (AvgIpc) is 4.27. The number of benzene rings is 5. The van der Waals surface area contributed by atoms with Crippen LogP contribution in [0.15, 0.2) is 115 Å². The molecule has 8 aromatic rings. The van der Waals surface area contributed by atoms with Crippen LogP contribution in [0.4, 0.5) is 23.0 Å².